The summed E-state index contributed by atoms with van der Waals surface area (Å²) in [6.07, 6.45) is 13.4. The van der Waals surface area contributed by atoms with E-state index >= 15 is 0 Å². The molecule has 0 aliphatic heterocycles. The van der Waals surface area contributed by atoms with Gasteiger partial charge >= 0.3 is 0 Å². The highest BCUT2D eigenvalue weighted by atomic mass is 16.2. The Kier molecular flexibility index (Phi) is 5.62. The summed E-state index contributed by atoms with van der Waals surface area (Å²) in [5, 5.41) is 4.68. The summed E-state index contributed by atoms with van der Waals surface area (Å²) >= 11 is 0. The molecule has 1 fully saturated rings. The summed E-state index contributed by atoms with van der Waals surface area (Å²) in [5.74, 6) is 0.203. The molecule has 32 heavy (non-hydrogen) atoms. The maximum Gasteiger partial charge on any atom is 0.256 e. The molecule has 3 aromatic heterocycles. The molecule has 2 aliphatic rings. The first-order chi connectivity index (χ1) is 15.5. The van der Waals surface area contributed by atoms with Crippen molar-refractivity contribution in [3.63, 3.8) is 0 Å². The van der Waals surface area contributed by atoms with Crippen molar-refractivity contribution in [2.45, 2.75) is 77.4 Å². The number of hydrogen-bond acceptors (Lipinski definition) is 3. The van der Waals surface area contributed by atoms with Crippen LogP contribution in [0.15, 0.2) is 36.8 Å². The van der Waals surface area contributed by atoms with E-state index in [9.17, 15) is 4.79 Å². The largest absolute Gasteiger partial charge is 0.344 e. The monoisotopic (exact) mass is 431 g/mol. The van der Waals surface area contributed by atoms with E-state index < -0.39 is 0 Å². The van der Waals surface area contributed by atoms with Crippen molar-refractivity contribution >= 4 is 5.91 Å². The molecule has 5 rings (SSSR count). The van der Waals surface area contributed by atoms with Crippen LogP contribution in [0.1, 0.15) is 70.7 Å². The minimum Gasteiger partial charge on any atom is -0.344 e. The number of pyridine rings is 1. The number of carbonyl (C=O) groups excluding carboxylic acids is 1. The van der Waals surface area contributed by atoms with Gasteiger partial charge in [0.15, 0.2) is 0 Å². The Morgan fingerprint density at radius 1 is 1.19 bits per heavy atom. The SMILES string of the molecule is Cc1cc(C(=O)N(C2CC2)C2CCCCc3nn(C)cc3C2)c(C)n1Cc1cccnc1. The minimum atomic E-state index is 0.203. The van der Waals surface area contributed by atoms with Crippen LogP contribution in [-0.4, -0.2) is 42.2 Å². The smallest absolute Gasteiger partial charge is 0.256 e. The lowest BCUT2D eigenvalue weighted by Gasteiger charge is -2.33. The second-order valence-corrected chi connectivity index (χ2v) is 9.55. The zero-order valence-corrected chi connectivity index (χ0v) is 19.4. The standard InChI is InChI=1S/C26H33N5O/c1-18-13-24(19(2)30(18)16-20-7-6-12-27-15-20)26(32)31(22-10-11-22)23-8-4-5-9-25-21(14-23)17-29(3)28-25/h6-7,12-13,15,17,22-23H,4-5,8-11,14,16H2,1-3H3. The normalized spacial score (nSPS) is 18.7. The lowest BCUT2D eigenvalue weighted by Crippen LogP contribution is -2.44. The van der Waals surface area contributed by atoms with Gasteiger partial charge in [0.2, 0.25) is 0 Å². The molecule has 1 amide bonds. The van der Waals surface area contributed by atoms with Gasteiger partial charge in [-0.25, -0.2) is 0 Å². The summed E-state index contributed by atoms with van der Waals surface area (Å²) in [5.41, 5.74) is 6.71. The molecule has 1 saturated carbocycles. The Bertz CT molecular complexity index is 1110. The minimum absolute atomic E-state index is 0.203. The zero-order chi connectivity index (χ0) is 22.2. The van der Waals surface area contributed by atoms with Crippen molar-refractivity contribution in [2.24, 2.45) is 7.05 Å². The highest BCUT2D eigenvalue weighted by Crippen LogP contribution is 2.35. The van der Waals surface area contributed by atoms with Gasteiger partial charge in [-0.2, -0.15) is 5.10 Å². The van der Waals surface area contributed by atoms with E-state index in [1.807, 2.05) is 24.0 Å². The van der Waals surface area contributed by atoms with E-state index in [0.717, 1.165) is 74.0 Å². The molecule has 6 nitrogen and oxygen atoms in total. The lowest BCUT2D eigenvalue weighted by molar-refractivity contribution is 0.0643. The Morgan fingerprint density at radius 2 is 2.03 bits per heavy atom. The molecule has 0 spiro atoms. The maximum absolute atomic E-state index is 14.0. The van der Waals surface area contributed by atoms with Crippen LogP contribution in [0.2, 0.25) is 0 Å². The Hall–Kier alpha value is -2.89. The van der Waals surface area contributed by atoms with Gasteiger partial charge in [-0.15, -0.1) is 0 Å². The predicted octanol–water partition coefficient (Wildman–Crippen LogP) is 4.22. The van der Waals surface area contributed by atoms with Crippen LogP contribution < -0.4 is 0 Å². The highest BCUT2D eigenvalue weighted by Gasteiger charge is 2.39. The number of hydrogen-bond donors (Lipinski definition) is 0. The first kappa shape index (κ1) is 21.0. The van der Waals surface area contributed by atoms with Gasteiger partial charge < -0.3 is 9.47 Å². The first-order valence-electron chi connectivity index (χ1n) is 11.9. The number of nitrogens with zero attached hydrogens (tertiary/aromatic N) is 5. The fourth-order valence-corrected chi connectivity index (χ4v) is 5.29. The average Bonchev–Trinajstić information content (AvgIpc) is 3.49. The molecule has 3 aromatic rings. The predicted molar refractivity (Wildman–Crippen MR) is 125 cm³/mol. The second kappa shape index (κ2) is 8.57. The van der Waals surface area contributed by atoms with Crippen molar-refractivity contribution in [1.82, 2.24) is 24.2 Å². The van der Waals surface area contributed by atoms with Crippen LogP contribution in [0, 0.1) is 13.8 Å². The average molecular weight is 432 g/mol. The van der Waals surface area contributed by atoms with Gasteiger partial charge in [0, 0.05) is 55.7 Å². The zero-order valence-electron chi connectivity index (χ0n) is 19.4. The quantitative estimate of drug-likeness (QED) is 0.608. The molecule has 1 unspecified atom stereocenters. The third-order valence-corrected chi connectivity index (χ3v) is 7.08. The van der Waals surface area contributed by atoms with Crippen LogP contribution in [0.25, 0.3) is 0 Å². The molecule has 6 heteroatoms. The fourth-order valence-electron chi connectivity index (χ4n) is 5.29. The van der Waals surface area contributed by atoms with Crippen molar-refractivity contribution in [2.75, 3.05) is 0 Å². The molecule has 0 N–H and O–H groups in total. The van der Waals surface area contributed by atoms with Crippen LogP contribution in [0.4, 0.5) is 0 Å². The van der Waals surface area contributed by atoms with Crippen molar-refractivity contribution in [3.8, 4) is 0 Å². The summed E-state index contributed by atoms with van der Waals surface area (Å²) in [7, 11) is 2.00. The van der Waals surface area contributed by atoms with Gasteiger partial charge in [-0.1, -0.05) is 12.5 Å². The van der Waals surface area contributed by atoms with Crippen LogP contribution in [-0.2, 0) is 26.4 Å². The van der Waals surface area contributed by atoms with Crippen LogP contribution in [0.3, 0.4) is 0 Å². The Morgan fingerprint density at radius 3 is 2.78 bits per heavy atom. The van der Waals surface area contributed by atoms with Gasteiger partial charge in [0.1, 0.15) is 0 Å². The summed E-state index contributed by atoms with van der Waals surface area (Å²) in [4.78, 5) is 20.4. The number of aryl methyl sites for hydroxylation is 3. The fraction of sp³-hybridized carbons (Fsp3) is 0.500. The summed E-state index contributed by atoms with van der Waals surface area (Å²) in [6, 6.07) is 6.77. The van der Waals surface area contributed by atoms with E-state index in [0.29, 0.717) is 6.04 Å². The highest BCUT2D eigenvalue weighted by molar-refractivity contribution is 5.96. The maximum atomic E-state index is 14.0. The lowest BCUT2D eigenvalue weighted by atomic mass is 9.93. The molecule has 1 atom stereocenters. The second-order valence-electron chi connectivity index (χ2n) is 9.55. The Balaban J connectivity index is 1.44. The van der Waals surface area contributed by atoms with Crippen molar-refractivity contribution in [3.05, 3.63) is 70.6 Å². The summed E-state index contributed by atoms with van der Waals surface area (Å²) < 4.78 is 4.18. The number of aromatic nitrogens is 4. The molecule has 0 aromatic carbocycles. The number of carbonyl (C=O) groups is 1. The van der Waals surface area contributed by atoms with Gasteiger partial charge in [-0.05, 0) is 75.6 Å². The topological polar surface area (TPSA) is 56.0 Å². The molecule has 168 valence electrons. The third kappa shape index (κ3) is 4.10. The molecule has 0 radical (unpaired) electrons. The van der Waals surface area contributed by atoms with E-state index in [1.165, 1.54) is 11.3 Å². The van der Waals surface area contributed by atoms with Crippen LogP contribution in [0.5, 0.6) is 0 Å². The summed E-state index contributed by atoms with van der Waals surface area (Å²) in [6.45, 7) is 4.92. The van der Waals surface area contributed by atoms with Crippen molar-refractivity contribution in [1.29, 1.82) is 0 Å². The molecular weight excluding hydrogens is 398 g/mol. The number of fused-ring (bicyclic) bond motifs is 1. The van der Waals surface area contributed by atoms with E-state index in [1.54, 1.807) is 6.20 Å². The Labute approximate surface area is 190 Å². The van der Waals surface area contributed by atoms with Crippen LogP contribution >= 0.6 is 0 Å². The van der Waals surface area contributed by atoms with Crippen molar-refractivity contribution < 1.29 is 4.79 Å². The third-order valence-electron chi connectivity index (χ3n) is 7.08. The number of amides is 1. The molecule has 0 bridgehead atoms. The molecular formula is C26H33N5O. The molecule has 2 aliphatic carbocycles. The van der Waals surface area contributed by atoms with E-state index in [2.05, 4.69) is 51.7 Å². The molecule has 3 heterocycles. The van der Waals surface area contributed by atoms with Gasteiger partial charge in [-0.3, -0.25) is 14.5 Å². The number of rotatable bonds is 5. The van der Waals surface area contributed by atoms with E-state index in [4.69, 9.17) is 0 Å². The van der Waals surface area contributed by atoms with E-state index in [-0.39, 0.29) is 11.9 Å². The first-order valence-corrected chi connectivity index (χ1v) is 11.9. The van der Waals surface area contributed by atoms with Gasteiger partial charge in [0.25, 0.3) is 5.91 Å². The molecule has 0 saturated heterocycles. The van der Waals surface area contributed by atoms with Gasteiger partial charge in [0.05, 0.1) is 11.3 Å².